The topological polar surface area (TPSA) is 52.9 Å². The highest BCUT2D eigenvalue weighted by molar-refractivity contribution is 6.02. The van der Waals surface area contributed by atoms with Crippen LogP contribution in [0.1, 0.15) is 45.6 Å². The van der Waals surface area contributed by atoms with Gasteiger partial charge >= 0.3 is 0 Å². The van der Waals surface area contributed by atoms with Gasteiger partial charge in [0.25, 0.3) is 0 Å². The zero-order valence-electron chi connectivity index (χ0n) is 14.5. The van der Waals surface area contributed by atoms with Crippen LogP contribution in [0.25, 0.3) is 0 Å². The molecular weight excluding hydrogens is 288 g/mol. The highest BCUT2D eigenvalue weighted by atomic mass is 16.4. The van der Waals surface area contributed by atoms with Gasteiger partial charge in [0.2, 0.25) is 5.91 Å². The molecule has 0 heterocycles. The maximum atomic E-state index is 13.3. The van der Waals surface area contributed by atoms with E-state index in [1.807, 2.05) is 42.3 Å². The molecule has 0 aliphatic heterocycles. The molecule has 0 aromatic heterocycles. The van der Waals surface area contributed by atoms with Gasteiger partial charge in [0.1, 0.15) is 0 Å². The molecule has 1 aromatic carbocycles. The Morgan fingerprint density at radius 1 is 1.22 bits per heavy atom. The first-order valence-corrected chi connectivity index (χ1v) is 8.29. The molecule has 124 valence electrons. The van der Waals surface area contributed by atoms with Crippen molar-refractivity contribution in [2.75, 3.05) is 7.05 Å². The van der Waals surface area contributed by atoms with Crippen LogP contribution in [-0.4, -0.2) is 28.8 Å². The van der Waals surface area contributed by atoms with E-state index in [2.05, 4.69) is 25.9 Å². The van der Waals surface area contributed by atoms with Crippen LogP contribution in [0, 0.1) is 16.2 Å². The third kappa shape index (κ3) is 1.97. The second-order valence-corrected chi connectivity index (χ2v) is 7.91. The molecule has 2 aliphatic rings. The monoisotopic (exact) mass is 314 g/mol. The zero-order valence-corrected chi connectivity index (χ0v) is 14.5. The third-order valence-electron chi connectivity index (χ3n) is 6.87. The number of benzene rings is 1. The minimum atomic E-state index is -0.452. The van der Waals surface area contributed by atoms with Crippen LogP contribution in [0.4, 0.5) is 0 Å². The Balaban J connectivity index is 1.90. The Hall–Kier alpha value is -1.84. The summed E-state index contributed by atoms with van der Waals surface area (Å²) in [5.74, 6) is 0.175. The fourth-order valence-corrected chi connectivity index (χ4v) is 4.80. The lowest BCUT2D eigenvalue weighted by molar-refractivity contribution is -0.146. The largest absolute Gasteiger partial charge is 0.411 e. The molecule has 0 spiro atoms. The van der Waals surface area contributed by atoms with E-state index in [9.17, 15) is 10.0 Å². The number of carbonyl (C=O) groups excluding carboxylic acids is 1. The summed E-state index contributed by atoms with van der Waals surface area (Å²) in [5, 5.41) is 13.0. The van der Waals surface area contributed by atoms with Crippen molar-refractivity contribution in [3.05, 3.63) is 35.9 Å². The van der Waals surface area contributed by atoms with E-state index in [0.29, 0.717) is 13.0 Å². The zero-order chi connectivity index (χ0) is 16.9. The lowest BCUT2D eigenvalue weighted by Gasteiger charge is -2.41. The van der Waals surface area contributed by atoms with Crippen LogP contribution < -0.4 is 0 Å². The number of carbonyl (C=O) groups is 1. The first-order chi connectivity index (χ1) is 10.8. The summed E-state index contributed by atoms with van der Waals surface area (Å²) >= 11 is 0. The number of rotatable bonds is 3. The van der Waals surface area contributed by atoms with E-state index < -0.39 is 5.41 Å². The number of hydrogen-bond donors (Lipinski definition) is 1. The fraction of sp³-hybridized carbons (Fsp3) is 0.579. The lowest BCUT2D eigenvalue weighted by atomic mass is 9.64. The predicted molar refractivity (Wildman–Crippen MR) is 90.3 cm³/mol. The normalized spacial score (nSPS) is 33.1. The molecule has 2 aliphatic carbocycles. The van der Waals surface area contributed by atoms with Gasteiger partial charge in [0.15, 0.2) is 0 Å². The summed E-state index contributed by atoms with van der Waals surface area (Å²) in [4.78, 5) is 15.2. The first kappa shape index (κ1) is 16.0. The smallest absolute Gasteiger partial charge is 0.229 e. The molecule has 2 atom stereocenters. The number of nitrogens with zero attached hydrogens (tertiary/aromatic N) is 2. The molecule has 0 radical (unpaired) electrons. The SMILES string of the molecule is CN(Cc1ccccc1)C(=O)C12CCC(C)(/C(=N/O)C1)C2(C)C. The summed E-state index contributed by atoms with van der Waals surface area (Å²) < 4.78 is 0. The van der Waals surface area contributed by atoms with Crippen molar-refractivity contribution in [2.24, 2.45) is 21.4 Å². The summed E-state index contributed by atoms with van der Waals surface area (Å²) in [6.07, 6.45) is 2.35. The highest BCUT2D eigenvalue weighted by Crippen LogP contribution is 2.71. The summed E-state index contributed by atoms with van der Waals surface area (Å²) in [5.41, 5.74) is 1.07. The molecule has 1 aromatic rings. The molecule has 2 saturated carbocycles. The fourth-order valence-electron chi connectivity index (χ4n) is 4.80. The van der Waals surface area contributed by atoms with Gasteiger partial charge in [-0.1, -0.05) is 56.3 Å². The molecule has 1 amide bonds. The van der Waals surface area contributed by atoms with Crippen molar-refractivity contribution < 1.29 is 10.0 Å². The molecule has 4 heteroatoms. The quantitative estimate of drug-likeness (QED) is 0.683. The molecule has 1 N–H and O–H groups in total. The van der Waals surface area contributed by atoms with Crippen molar-refractivity contribution in [2.45, 2.75) is 46.6 Å². The third-order valence-corrected chi connectivity index (χ3v) is 6.87. The van der Waals surface area contributed by atoms with Gasteiger partial charge in [-0.15, -0.1) is 0 Å². The van der Waals surface area contributed by atoms with Crippen LogP contribution in [0.5, 0.6) is 0 Å². The maximum absolute atomic E-state index is 13.3. The average molecular weight is 314 g/mol. The van der Waals surface area contributed by atoms with Crippen LogP contribution in [-0.2, 0) is 11.3 Å². The van der Waals surface area contributed by atoms with Gasteiger partial charge in [-0.25, -0.2) is 0 Å². The van der Waals surface area contributed by atoms with E-state index in [-0.39, 0.29) is 16.7 Å². The van der Waals surface area contributed by atoms with Crippen molar-refractivity contribution >= 4 is 11.6 Å². The molecule has 2 unspecified atom stereocenters. The number of oxime groups is 1. The molecule has 2 fully saturated rings. The van der Waals surface area contributed by atoms with Gasteiger partial charge in [0.05, 0.1) is 11.1 Å². The standard InChI is InChI=1S/C19H26N2O2/c1-17(2)18(3)10-11-19(17,12-15(18)20-23)16(22)21(4)13-14-8-6-5-7-9-14/h5-9,23H,10-13H2,1-4H3/b20-15+. The maximum Gasteiger partial charge on any atom is 0.229 e. The first-order valence-electron chi connectivity index (χ1n) is 8.29. The van der Waals surface area contributed by atoms with Crippen LogP contribution in [0.2, 0.25) is 0 Å². The Labute approximate surface area is 138 Å². The summed E-state index contributed by atoms with van der Waals surface area (Å²) in [6, 6.07) is 10.1. The van der Waals surface area contributed by atoms with E-state index in [4.69, 9.17) is 0 Å². The molecule has 3 rings (SSSR count). The van der Waals surface area contributed by atoms with Gasteiger partial charge in [-0.3, -0.25) is 4.79 Å². The van der Waals surface area contributed by atoms with Gasteiger partial charge in [0, 0.05) is 25.4 Å². The van der Waals surface area contributed by atoms with E-state index in [1.54, 1.807) is 0 Å². The highest BCUT2D eigenvalue weighted by Gasteiger charge is 2.72. The van der Waals surface area contributed by atoms with Gasteiger partial charge < -0.3 is 10.1 Å². The summed E-state index contributed by atoms with van der Waals surface area (Å²) in [7, 11) is 1.88. The minimum Gasteiger partial charge on any atom is -0.411 e. The van der Waals surface area contributed by atoms with Crippen molar-refractivity contribution in [3.8, 4) is 0 Å². The van der Waals surface area contributed by atoms with Crippen molar-refractivity contribution in [3.63, 3.8) is 0 Å². The van der Waals surface area contributed by atoms with Crippen LogP contribution >= 0.6 is 0 Å². The Bertz CT molecular complexity index is 653. The lowest BCUT2D eigenvalue weighted by Crippen LogP contribution is -2.47. The second-order valence-electron chi connectivity index (χ2n) is 7.91. The minimum absolute atomic E-state index is 0.175. The van der Waals surface area contributed by atoms with Crippen LogP contribution in [0.15, 0.2) is 35.5 Å². The predicted octanol–water partition coefficient (Wildman–Crippen LogP) is 3.69. The van der Waals surface area contributed by atoms with Gasteiger partial charge in [-0.2, -0.15) is 0 Å². The number of hydrogen-bond acceptors (Lipinski definition) is 3. The summed E-state index contributed by atoms with van der Waals surface area (Å²) in [6.45, 7) is 7.07. The average Bonchev–Trinajstić information content (AvgIpc) is 2.85. The van der Waals surface area contributed by atoms with Crippen molar-refractivity contribution in [1.82, 2.24) is 4.90 Å². The van der Waals surface area contributed by atoms with Crippen LogP contribution in [0.3, 0.4) is 0 Å². The molecule has 4 nitrogen and oxygen atoms in total. The molecule has 23 heavy (non-hydrogen) atoms. The van der Waals surface area contributed by atoms with Gasteiger partial charge in [-0.05, 0) is 23.8 Å². The number of amides is 1. The Morgan fingerprint density at radius 2 is 1.87 bits per heavy atom. The Morgan fingerprint density at radius 3 is 2.43 bits per heavy atom. The van der Waals surface area contributed by atoms with E-state index in [1.165, 1.54) is 0 Å². The molecule has 2 bridgehead atoms. The molecule has 0 saturated heterocycles. The second kappa shape index (κ2) is 5.08. The molecular formula is C19H26N2O2. The Kier molecular flexibility index (Phi) is 3.54. The van der Waals surface area contributed by atoms with E-state index in [0.717, 1.165) is 24.1 Å². The number of fused-ring (bicyclic) bond motifs is 2. The van der Waals surface area contributed by atoms with Crippen molar-refractivity contribution in [1.29, 1.82) is 0 Å². The van der Waals surface area contributed by atoms with E-state index >= 15 is 0 Å².